The second-order valence-corrected chi connectivity index (χ2v) is 17.8. The summed E-state index contributed by atoms with van der Waals surface area (Å²) in [5, 5.41) is 0. The Kier molecular flexibility index (Phi) is 67.2. The average molecular weight is 764 g/mol. The number of hydrogen-bond acceptors (Lipinski definition) is 0. The predicted octanol–water partition coefficient (Wildman–Crippen LogP) is 21.8. The second-order valence-electron chi connectivity index (χ2n) is 17.8. The van der Waals surface area contributed by atoms with E-state index in [1.54, 1.807) is 0 Å². The molecule has 0 atom stereocenters. The monoisotopic (exact) mass is 763 g/mol. The Morgan fingerprint density at radius 1 is 0.0926 bits per heavy atom. The third-order valence-corrected chi connectivity index (χ3v) is 11.9. The van der Waals surface area contributed by atoms with E-state index in [2.05, 4.69) is 41.5 Å². The van der Waals surface area contributed by atoms with Crippen molar-refractivity contribution in [3.63, 3.8) is 0 Å². The first kappa shape index (κ1) is 58.3. The molecule has 0 heteroatoms. The summed E-state index contributed by atoms with van der Waals surface area (Å²) in [4.78, 5) is 0. The summed E-state index contributed by atoms with van der Waals surface area (Å²) in [5.41, 5.74) is 0. The highest BCUT2D eigenvalue weighted by Gasteiger charge is 1.96. The van der Waals surface area contributed by atoms with Crippen LogP contribution in [-0.4, -0.2) is 0 Å². The molecule has 0 aliphatic carbocycles. The molecule has 0 saturated carbocycles. The summed E-state index contributed by atoms with van der Waals surface area (Å²) in [7, 11) is 0. The van der Waals surface area contributed by atoms with Crippen LogP contribution in [0.5, 0.6) is 0 Å². The molecule has 0 aromatic heterocycles. The van der Waals surface area contributed by atoms with Crippen LogP contribution < -0.4 is 0 Å². The maximum atomic E-state index is 2.30. The molecule has 0 N–H and O–H groups in total. The fraction of sp³-hybridized carbons (Fsp3) is 1.00. The molecule has 0 aliphatic heterocycles. The molecule has 0 saturated heterocycles. The van der Waals surface area contributed by atoms with Gasteiger partial charge < -0.3 is 0 Å². The molecule has 0 heterocycles. The van der Waals surface area contributed by atoms with E-state index in [9.17, 15) is 0 Å². The van der Waals surface area contributed by atoms with Crippen molar-refractivity contribution in [1.82, 2.24) is 0 Å². The van der Waals surface area contributed by atoms with E-state index in [1.165, 1.54) is 308 Å². The van der Waals surface area contributed by atoms with Crippen LogP contribution in [0.2, 0.25) is 0 Å². The van der Waals surface area contributed by atoms with E-state index < -0.39 is 0 Å². The molecule has 0 unspecified atom stereocenters. The van der Waals surface area contributed by atoms with Crippen LogP contribution in [0.15, 0.2) is 0 Å². The highest BCUT2D eigenvalue weighted by Crippen LogP contribution is 2.16. The highest BCUT2D eigenvalue weighted by molar-refractivity contribution is 4.52. The molecule has 0 bridgehead atoms. The lowest BCUT2D eigenvalue weighted by Gasteiger charge is -2.03. The normalized spacial score (nSPS) is 11.0. The van der Waals surface area contributed by atoms with Crippen molar-refractivity contribution in [1.29, 1.82) is 0 Å². The average Bonchev–Trinajstić information content (AvgIpc) is 3.19. The molecule has 0 fully saturated rings. The Morgan fingerprint density at radius 3 is 0.204 bits per heavy atom. The van der Waals surface area contributed by atoms with E-state index in [0.29, 0.717) is 0 Å². The van der Waals surface area contributed by atoms with Crippen molar-refractivity contribution < 1.29 is 0 Å². The maximum absolute atomic E-state index is 2.30. The topological polar surface area (TPSA) is 0 Å². The zero-order valence-electron chi connectivity index (χ0n) is 39.9. The molecule has 0 amide bonds. The van der Waals surface area contributed by atoms with E-state index in [0.717, 1.165) is 0 Å². The van der Waals surface area contributed by atoms with Gasteiger partial charge in [-0.3, -0.25) is 0 Å². The van der Waals surface area contributed by atoms with Gasteiger partial charge in [0.05, 0.1) is 0 Å². The quantitative estimate of drug-likeness (QED) is 0.0542. The van der Waals surface area contributed by atoms with Gasteiger partial charge in [0.1, 0.15) is 0 Å². The Morgan fingerprint density at radius 2 is 0.148 bits per heavy atom. The minimum absolute atomic E-state index is 1.37. The summed E-state index contributed by atoms with van der Waals surface area (Å²) < 4.78 is 0. The zero-order chi connectivity index (χ0) is 39.9. The van der Waals surface area contributed by atoms with Crippen LogP contribution in [-0.2, 0) is 0 Å². The summed E-state index contributed by atoms with van der Waals surface area (Å²) in [6, 6.07) is 0. The lowest BCUT2D eigenvalue weighted by atomic mass is 10.0. The van der Waals surface area contributed by atoms with Crippen LogP contribution >= 0.6 is 0 Å². The Hall–Kier alpha value is 0. The Balaban J connectivity index is -0.000000724. The number of hydrogen-bond donors (Lipinski definition) is 0. The predicted molar refractivity (Wildman–Crippen MR) is 256 cm³/mol. The molecule has 54 heavy (non-hydrogen) atoms. The van der Waals surface area contributed by atoms with Gasteiger partial charge in [-0.2, -0.15) is 0 Å². The van der Waals surface area contributed by atoms with Crippen molar-refractivity contribution in [2.45, 2.75) is 350 Å². The van der Waals surface area contributed by atoms with Crippen LogP contribution in [0.3, 0.4) is 0 Å². The Bertz CT molecular complexity index is 490. The molecular weight excluding hydrogens is 649 g/mol. The van der Waals surface area contributed by atoms with Crippen molar-refractivity contribution in [3.05, 3.63) is 0 Å². The van der Waals surface area contributed by atoms with Crippen molar-refractivity contribution in [2.75, 3.05) is 0 Å². The molecule has 0 radical (unpaired) electrons. The van der Waals surface area contributed by atoms with Gasteiger partial charge in [0.25, 0.3) is 0 Å². The van der Waals surface area contributed by atoms with Crippen LogP contribution in [0.25, 0.3) is 0 Å². The lowest BCUT2D eigenvalue weighted by molar-refractivity contribution is 0.529. The molecule has 330 valence electrons. The largest absolute Gasteiger partial charge is 0.0654 e. The standard InChI is InChI=1S/C19H40.C18H38.C17H36/c1-3-5-7-9-11-13-15-17-19-18-16-14-12-10-8-6-4-2;1-3-5-7-9-11-13-15-17-18-16-14-12-10-8-6-4-2;1-3-5-7-9-11-13-15-17-16-14-12-10-8-6-4-2/h3-19H2,1-2H3;3-18H2,1-2H3;3-17H2,1-2H3. The SMILES string of the molecule is CCCCCCCCCCCCCCCCC.CCCCCCCCCCCCCCCCCC.CCCCCCCCCCCCCCCCCCC. The lowest BCUT2D eigenvalue weighted by Crippen LogP contribution is -1.83. The Labute approximate surface area is 348 Å². The smallest absolute Gasteiger partial charge is 0.0533 e. The number of rotatable bonds is 45. The zero-order valence-corrected chi connectivity index (χ0v) is 39.9. The van der Waals surface area contributed by atoms with Crippen molar-refractivity contribution >= 4 is 0 Å². The fourth-order valence-electron chi connectivity index (χ4n) is 7.86. The van der Waals surface area contributed by atoms with Gasteiger partial charge in [0.15, 0.2) is 0 Å². The summed E-state index contributed by atoms with van der Waals surface area (Å²) in [5.74, 6) is 0. The van der Waals surface area contributed by atoms with Crippen LogP contribution in [0.1, 0.15) is 350 Å². The van der Waals surface area contributed by atoms with E-state index >= 15 is 0 Å². The van der Waals surface area contributed by atoms with Gasteiger partial charge in [-0.1, -0.05) is 350 Å². The summed E-state index contributed by atoms with van der Waals surface area (Å²) in [6.45, 7) is 13.8. The molecule has 0 aliphatic rings. The van der Waals surface area contributed by atoms with E-state index in [-0.39, 0.29) is 0 Å². The van der Waals surface area contributed by atoms with Crippen molar-refractivity contribution in [2.24, 2.45) is 0 Å². The molecule has 0 aromatic rings. The summed E-state index contributed by atoms with van der Waals surface area (Å²) >= 11 is 0. The van der Waals surface area contributed by atoms with Crippen LogP contribution in [0.4, 0.5) is 0 Å². The number of unbranched alkanes of at least 4 members (excludes halogenated alkanes) is 45. The maximum Gasteiger partial charge on any atom is -0.0533 e. The van der Waals surface area contributed by atoms with Gasteiger partial charge in [0, 0.05) is 0 Å². The van der Waals surface area contributed by atoms with Gasteiger partial charge in [-0.05, 0) is 0 Å². The molecule has 0 aromatic carbocycles. The third kappa shape index (κ3) is 66.8. The van der Waals surface area contributed by atoms with Gasteiger partial charge in [0.2, 0.25) is 0 Å². The molecule has 0 rings (SSSR count). The van der Waals surface area contributed by atoms with Gasteiger partial charge in [-0.25, -0.2) is 0 Å². The molecular formula is C54H114. The van der Waals surface area contributed by atoms with Gasteiger partial charge in [-0.15, -0.1) is 0 Å². The minimum Gasteiger partial charge on any atom is -0.0654 e. The van der Waals surface area contributed by atoms with Crippen LogP contribution in [0, 0.1) is 0 Å². The first-order valence-corrected chi connectivity index (χ1v) is 26.7. The second kappa shape index (κ2) is 62.2. The van der Waals surface area contributed by atoms with E-state index in [1.807, 2.05) is 0 Å². The first-order chi connectivity index (χ1) is 26.7. The molecule has 0 nitrogen and oxygen atoms in total. The summed E-state index contributed by atoms with van der Waals surface area (Å²) in [6.07, 6.45) is 70.2. The minimum atomic E-state index is 1.37. The molecule has 0 spiro atoms. The fourth-order valence-corrected chi connectivity index (χ4v) is 7.86. The van der Waals surface area contributed by atoms with E-state index in [4.69, 9.17) is 0 Å². The third-order valence-electron chi connectivity index (χ3n) is 11.9. The highest BCUT2D eigenvalue weighted by atomic mass is 14.0. The van der Waals surface area contributed by atoms with Gasteiger partial charge >= 0.3 is 0 Å². The van der Waals surface area contributed by atoms with Crippen molar-refractivity contribution in [3.8, 4) is 0 Å². The first-order valence-electron chi connectivity index (χ1n) is 26.7.